The van der Waals surface area contributed by atoms with Gasteiger partial charge in [0.25, 0.3) is 5.56 Å². The number of hydrogen-bond acceptors (Lipinski definition) is 3. The molecule has 0 unspecified atom stereocenters. The number of likely N-dealkylation sites (N-methyl/N-ethyl adjacent to an activating group) is 1. The number of rotatable bonds is 3. The van der Waals surface area contributed by atoms with Crippen molar-refractivity contribution >= 4 is 32.4 Å². The van der Waals surface area contributed by atoms with Crippen LogP contribution in [0.25, 0.3) is 32.4 Å². The second kappa shape index (κ2) is 5.90. The zero-order chi connectivity index (χ0) is 17.6. The third-order valence-electron chi connectivity index (χ3n) is 4.71. The molecule has 1 aromatic heterocycles. The molecule has 0 spiro atoms. The third kappa shape index (κ3) is 2.55. The van der Waals surface area contributed by atoms with Gasteiger partial charge in [-0.05, 0) is 43.1 Å². The zero-order valence-corrected chi connectivity index (χ0v) is 14.4. The second-order valence-electron chi connectivity index (χ2n) is 6.67. The first-order valence-electron chi connectivity index (χ1n) is 8.38. The smallest absolute Gasteiger partial charge is 0.259 e. The molecule has 4 nitrogen and oxygen atoms in total. The molecule has 126 valence electrons. The molecule has 1 N–H and O–H groups in total. The fourth-order valence-corrected chi connectivity index (χ4v) is 3.47. The molecular formula is C21H20N2O2. The Morgan fingerprint density at radius 3 is 2.48 bits per heavy atom. The highest BCUT2D eigenvalue weighted by molar-refractivity contribution is 6.15. The summed E-state index contributed by atoms with van der Waals surface area (Å²) in [7, 11) is 4.00. The van der Waals surface area contributed by atoms with Gasteiger partial charge in [0.15, 0.2) is 0 Å². The molecule has 0 atom stereocenters. The van der Waals surface area contributed by atoms with E-state index in [1.54, 1.807) is 12.1 Å². The van der Waals surface area contributed by atoms with Crippen LogP contribution < -0.4 is 5.56 Å². The highest BCUT2D eigenvalue weighted by atomic mass is 16.3. The van der Waals surface area contributed by atoms with Crippen LogP contribution in [0.4, 0.5) is 0 Å². The van der Waals surface area contributed by atoms with Gasteiger partial charge in [0.2, 0.25) is 0 Å². The van der Waals surface area contributed by atoms with E-state index in [9.17, 15) is 9.90 Å². The second-order valence-corrected chi connectivity index (χ2v) is 6.67. The normalized spacial score (nSPS) is 11.8. The summed E-state index contributed by atoms with van der Waals surface area (Å²) in [5.41, 5.74) is 0.903. The molecule has 3 aromatic carbocycles. The number of aromatic nitrogens is 1. The Kier molecular flexibility index (Phi) is 3.70. The van der Waals surface area contributed by atoms with Gasteiger partial charge in [-0.2, -0.15) is 0 Å². The predicted molar refractivity (Wildman–Crippen MR) is 103 cm³/mol. The molecule has 0 amide bonds. The highest BCUT2D eigenvalue weighted by Crippen LogP contribution is 2.30. The van der Waals surface area contributed by atoms with E-state index in [1.807, 2.05) is 36.9 Å². The van der Waals surface area contributed by atoms with Crippen molar-refractivity contribution in [3.05, 3.63) is 65.0 Å². The maximum absolute atomic E-state index is 13.2. The molecule has 4 rings (SSSR count). The minimum atomic E-state index is -0.0587. The number of phenolic OH excluding ortho intramolecular Hbond substituents is 1. The molecular weight excluding hydrogens is 312 g/mol. The van der Waals surface area contributed by atoms with E-state index in [4.69, 9.17) is 0 Å². The number of benzene rings is 3. The molecule has 0 fully saturated rings. The standard InChI is InChI=1S/C21H20N2O2/c1-22(2)11-12-23-20-16-6-4-3-5-14(16)7-9-18(20)17-10-8-15(24)13-19(17)21(23)25/h3-10,13,24H,11-12H2,1-2H3. The Balaban J connectivity index is 2.20. The molecule has 0 aliphatic carbocycles. The van der Waals surface area contributed by atoms with Crippen LogP contribution in [0.15, 0.2) is 59.4 Å². The first-order chi connectivity index (χ1) is 12.1. The summed E-state index contributed by atoms with van der Waals surface area (Å²) in [5, 5.41) is 14.5. The quantitative estimate of drug-likeness (QED) is 0.583. The van der Waals surface area contributed by atoms with Crippen molar-refractivity contribution in [2.75, 3.05) is 20.6 Å². The van der Waals surface area contributed by atoms with Crippen LogP contribution in [-0.4, -0.2) is 35.2 Å². The van der Waals surface area contributed by atoms with E-state index in [2.05, 4.69) is 29.2 Å². The summed E-state index contributed by atoms with van der Waals surface area (Å²) in [5.74, 6) is 0.115. The fourth-order valence-electron chi connectivity index (χ4n) is 3.47. The van der Waals surface area contributed by atoms with Crippen LogP contribution in [0.2, 0.25) is 0 Å². The molecule has 25 heavy (non-hydrogen) atoms. The summed E-state index contributed by atoms with van der Waals surface area (Å²) in [6, 6.07) is 17.3. The largest absolute Gasteiger partial charge is 0.508 e. The SMILES string of the molecule is CN(C)CCn1c(=O)c2cc(O)ccc2c2ccc3ccccc3c21. The zero-order valence-electron chi connectivity index (χ0n) is 14.4. The Labute approximate surface area is 145 Å². The van der Waals surface area contributed by atoms with Gasteiger partial charge in [0, 0.05) is 23.9 Å². The topological polar surface area (TPSA) is 45.5 Å². The summed E-state index contributed by atoms with van der Waals surface area (Å²) in [6.45, 7) is 1.37. The fraction of sp³-hybridized carbons (Fsp3) is 0.190. The van der Waals surface area contributed by atoms with Gasteiger partial charge in [-0.25, -0.2) is 0 Å². The Morgan fingerprint density at radius 2 is 1.68 bits per heavy atom. The number of fused-ring (bicyclic) bond motifs is 5. The van der Waals surface area contributed by atoms with E-state index in [-0.39, 0.29) is 11.3 Å². The minimum absolute atomic E-state index is 0.0587. The lowest BCUT2D eigenvalue weighted by Gasteiger charge is -2.17. The lowest BCUT2D eigenvalue weighted by Crippen LogP contribution is -2.27. The average molecular weight is 332 g/mol. The monoisotopic (exact) mass is 332 g/mol. The predicted octanol–water partition coefficient (Wildman–Crippen LogP) is 3.58. The third-order valence-corrected chi connectivity index (χ3v) is 4.71. The van der Waals surface area contributed by atoms with Gasteiger partial charge < -0.3 is 14.6 Å². The van der Waals surface area contributed by atoms with E-state index < -0.39 is 0 Å². The number of aromatic hydroxyl groups is 1. The van der Waals surface area contributed by atoms with Crippen molar-refractivity contribution < 1.29 is 5.11 Å². The van der Waals surface area contributed by atoms with Crippen LogP contribution >= 0.6 is 0 Å². The van der Waals surface area contributed by atoms with E-state index >= 15 is 0 Å². The Hall–Kier alpha value is -2.85. The molecule has 4 heteroatoms. The Morgan fingerprint density at radius 1 is 0.920 bits per heavy atom. The molecule has 0 saturated carbocycles. The number of pyridine rings is 1. The summed E-state index contributed by atoms with van der Waals surface area (Å²) in [6.07, 6.45) is 0. The highest BCUT2D eigenvalue weighted by Gasteiger charge is 2.14. The van der Waals surface area contributed by atoms with Gasteiger partial charge in [-0.3, -0.25) is 4.79 Å². The van der Waals surface area contributed by atoms with Crippen molar-refractivity contribution in [1.29, 1.82) is 0 Å². The maximum Gasteiger partial charge on any atom is 0.259 e. The van der Waals surface area contributed by atoms with Crippen molar-refractivity contribution in [1.82, 2.24) is 9.47 Å². The number of hydrogen-bond donors (Lipinski definition) is 1. The number of phenols is 1. The molecule has 0 saturated heterocycles. The average Bonchev–Trinajstić information content (AvgIpc) is 2.61. The van der Waals surface area contributed by atoms with Gasteiger partial charge in [0.05, 0.1) is 10.9 Å². The van der Waals surface area contributed by atoms with E-state index in [0.717, 1.165) is 33.6 Å². The first kappa shape index (κ1) is 15.7. The van der Waals surface area contributed by atoms with Crippen molar-refractivity contribution in [2.45, 2.75) is 6.54 Å². The Bertz CT molecular complexity index is 1160. The van der Waals surface area contributed by atoms with Crippen LogP contribution in [0.5, 0.6) is 5.75 Å². The molecule has 0 bridgehead atoms. The first-order valence-corrected chi connectivity index (χ1v) is 8.38. The lowest BCUT2D eigenvalue weighted by molar-refractivity contribution is 0.385. The van der Waals surface area contributed by atoms with Gasteiger partial charge in [0.1, 0.15) is 5.75 Å². The molecule has 0 radical (unpaired) electrons. The minimum Gasteiger partial charge on any atom is -0.508 e. The molecule has 0 aliphatic heterocycles. The van der Waals surface area contributed by atoms with Crippen molar-refractivity contribution in [3.8, 4) is 5.75 Å². The van der Waals surface area contributed by atoms with Crippen molar-refractivity contribution in [2.24, 2.45) is 0 Å². The maximum atomic E-state index is 13.2. The van der Waals surface area contributed by atoms with Gasteiger partial charge in [-0.15, -0.1) is 0 Å². The van der Waals surface area contributed by atoms with E-state index in [0.29, 0.717) is 11.9 Å². The molecule has 1 heterocycles. The molecule has 0 aliphatic rings. The van der Waals surface area contributed by atoms with Crippen LogP contribution in [0.3, 0.4) is 0 Å². The molecule has 4 aromatic rings. The van der Waals surface area contributed by atoms with Crippen LogP contribution in [-0.2, 0) is 6.54 Å². The van der Waals surface area contributed by atoms with E-state index in [1.165, 1.54) is 0 Å². The van der Waals surface area contributed by atoms with Gasteiger partial charge in [-0.1, -0.05) is 36.4 Å². The van der Waals surface area contributed by atoms with Gasteiger partial charge >= 0.3 is 0 Å². The van der Waals surface area contributed by atoms with Crippen LogP contribution in [0.1, 0.15) is 0 Å². The summed E-state index contributed by atoms with van der Waals surface area (Å²) >= 11 is 0. The van der Waals surface area contributed by atoms with Crippen molar-refractivity contribution in [3.63, 3.8) is 0 Å². The summed E-state index contributed by atoms with van der Waals surface area (Å²) in [4.78, 5) is 15.2. The number of nitrogens with zero attached hydrogens (tertiary/aromatic N) is 2. The van der Waals surface area contributed by atoms with Crippen LogP contribution in [0, 0.1) is 0 Å². The summed E-state index contributed by atoms with van der Waals surface area (Å²) < 4.78 is 1.85. The lowest BCUT2D eigenvalue weighted by atomic mass is 10.0.